The van der Waals surface area contributed by atoms with E-state index in [2.05, 4.69) is 31.3 Å². The van der Waals surface area contributed by atoms with Gasteiger partial charge in [-0.25, -0.2) is 5.43 Å². The zero-order chi connectivity index (χ0) is 24.0. The van der Waals surface area contributed by atoms with E-state index in [1.54, 1.807) is 61.9 Å². The molecule has 5 nitrogen and oxygen atoms in total. The van der Waals surface area contributed by atoms with Crippen LogP contribution in [0.25, 0.3) is 0 Å². The predicted octanol–water partition coefficient (Wildman–Crippen LogP) is 6.64. The average molecular weight is 485 g/mol. The van der Waals surface area contributed by atoms with Gasteiger partial charge in [0.25, 0.3) is 5.91 Å². The molecule has 0 unspecified atom stereocenters. The van der Waals surface area contributed by atoms with Crippen molar-refractivity contribution in [1.82, 2.24) is 5.43 Å². The summed E-state index contributed by atoms with van der Waals surface area (Å²) in [5, 5.41) is 5.13. The first-order chi connectivity index (χ1) is 15.7. The third-order valence-electron chi connectivity index (χ3n) is 5.01. The van der Waals surface area contributed by atoms with Crippen LogP contribution in [-0.2, 0) is 12.0 Å². The molecule has 3 aromatic rings. The number of hydrogen-bond acceptors (Lipinski definition) is 4. The Morgan fingerprint density at radius 2 is 1.67 bits per heavy atom. The number of carbonyl (C=O) groups is 1. The molecule has 0 fully saturated rings. The fourth-order valence-corrected chi connectivity index (χ4v) is 3.56. The third kappa shape index (κ3) is 6.50. The second-order valence-corrected chi connectivity index (χ2v) is 9.24. The first-order valence-electron chi connectivity index (χ1n) is 10.4. The number of rotatable bonds is 7. The van der Waals surface area contributed by atoms with Gasteiger partial charge in [0.1, 0.15) is 6.61 Å². The van der Waals surface area contributed by atoms with E-state index in [1.807, 2.05) is 12.1 Å². The second kappa shape index (κ2) is 10.7. The van der Waals surface area contributed by atoms with E-state index < -0.39 is 0 Å². The van der Waals surface area contributed by atoms with E-state index in [0.29, 0.717) is 32.7 Å². The molecule has 0 aromatic heterocycles. The monoisotopic (exact) mass is 484 g/mol. The quantitative estimate of drug-likeness (QED) is 0.301. The van der Waals surface area contributed by atoms with Crippen LogP contribution in [0.2, 0.25) is 10.0 Å². The molecular formula is C26H26Cl2N2O3. The number of amides is 1. The van der Waals surface area contributed by atoms with Crippen LogP contribution >= 0.6 is 23.2 Å². The lowest BCUT2D eigenvalue weighted by atomic mass is 9.87. The highest BCUT2D eigenvalue weighted by Crippen LogP contribution is 2.31. The number of methoxy groups -OCH3 is 1. The number of nitrogens with one attached hydrogen (secondary N) is 1. The Kier molecular flexibility index (Phi) is 8.01. The van der Waals surface area contributed by atoms with Crippen LogP contribution in [-0.4, -0.2) is 19.2 Å². The fourth-order valence-electron chi connectivity index (χ4n) is 3.06. The molecule has 0 atom stereocenters. The lowest BCUT2D eigenvalue weighted by Crippen LogP contribution is -2.18. The zero-order valence-electron chi connectivity index (χ0n) is 19.0. The molecule has 0 aliphatic rings. The van der Waals surface area contributed by atoms with Crippen molar-refractivity contribution in [2.45, 2.75) is 32.8 Å². The second-order valence-electron chi connectivity index (χ2n) is 8.43. The third-order valence-corrected chi connectivity index (χ3v) is 5.72. The molecule has 0 saturated heterocycles. The van der Waals surface area contributed by atoms with Crippen molar-refractivity contribution in [2.75, 3.05) is 7.11 Å². The van der Waals surface area contributed by atoms with Gasteiger partial charge in [0, 0.05) is 21.2 Å². The van der Waals surface area contributed by atoms with Gasteiger partial charge in [-0.3, -0.25) is 4.79 Å². The van der Waals surface area contributed by atoms with Crippen LogP contribution in [0.3, 0.4) is 0 Å². The maximum absolute atomic E-state index is 12.4. The van der Waals surface area contributed by atoms with E-state index in [9.17, 15) is 4.79 Å². The molecule has 33 heavy (non-hydrogen) atoms. The Labute approximate surface area is 204 Å². The summed E-state index contributed by atoms with van der Waals surface area (Å²) < 4.78 is 11.3. The van der Waals surface area contributed by atoms with Gasteiger partial charge in [-0.1, -0.05) is 62.2 Å². The van der Waals surface area contributed by atoms with E-state index >= 15 is 0 Å². The molecular weight excluding hydrogens is 459 g/mol. The van der Waals surface area contributed by atoms with Gasteiger partial charge < -0.3 is 9.47 Å². The van der Waals surface area contributed by atoms with Crippen LogP contribution in [0.4, 0.5) is 0 Å². The number of nitrogens with zero attached hydrogens (tertiary/aromatic N) is 1. The minimum Gasteiger partial charge on any atom is -0.493 e. The number of halogens is 2. The summed E-state index contributed by atoms with van der Waals surface area (Å²) in [6, 6.07) is 18.1. The van der Waals surface area contributed by atoms with Crippen LogP contribution in [0.5, 0.6) is 11.5 Å². The van der Waals surface area contributed by atoms with Crippen molar-refractivity contribution in [1.29, 1.82) is 0 Å². The standard InChI is InChI=1S/C26H26Cl2N2O3/c1-26(2,3)19-11-9-18(10-12-19)25(31)30-29-15-17-8-13-23(24(14-17)32-4)33-16-20-21(27)6-5-7-22(20)28/h5-15H,16H2,1-4H3,(H,30,31)/b29-15+. The van der Waals surface area contributed by atoms with Crippen molar-refractivity contribution < 1.29 is 14.3 Å². The Morgan fingerprint density at radius 1 is 1.00 bits per heavy atom. The maximum Gasteiger partial charge on any atom is 0.271 e. The molecule has 0 saturated carbocycles. The zero-order valence-corrected chi connectivity index (χ0v) is 20.5. The topological polar surface area (TPSA) is 59.9 Å². The molecule has 1 N–H and O–H groups in total. The van der Waals surface area contributed by atoms with Gasteiger partial charge >= 0.3 is 0 Å². The Morgan fingerprint density at radius 3 is 2.27 bits per heavy atom. The average Bonchev–Trinajstić information content (AvgIpc) is 2.78. The van der Waals surface area contributed by atoms with Gasteiger partial charge in [-0.05, 0) is 59.0 Å². The summed E-state index contributed by atoms with van der Waals surface area (Å²) in [5.74, 6) is 0.773. The SMILES string of the molecule is COc1cc(/C=N/NC(=O)c2ccc(C(C)(C)C)cc2)ccc1OCc1c(Cl)cccc1Cl. The van der Waals surface area contributed by atoms with Gasteiger partial charge in [0.15, 0.2) is 11.5 Å². The van der Waals surface area contributed by atoms with Crippen molar-refractivity contribution in [3.8, 4) is 11.5 Å². The summed E-state index contributed by atoms with van der Waals surface area (Å²) in [4.78, 5) is 12.4. The molecule has 1 amide bonds. The molecule has 0 aliphatic heterocycles. The van der Waals surface area contributed by atoms with Gasteiger partial charge in [0.05, 0.1) is 13.3 Å². The molecule has 0 radical (unpaired) electrons. The van der Waals surface area contributed by atoms with E-state index in [4.69, 9.17) is 32.7 Å². The van der Waals surface area contributed by atoms with Crippen LogP contribution in [0, 0.1) is 0 Å². The summed E-state index contributed by atoms with van der Waals surface area (Å²) in [6.45, 7) is 6.58. The number of benzene rings is 3. The van der Waals surface area contributed by atoms with Gasteiger partial charge in [-0.2, -0.15) is 5.10 Å². The number of hydrogen-bond donors (Lipinski definition) is 1. The normalized spacial score (nSPS) is 11.5. The lowest BCUT2D eigenvalue weighted by molar-refractivity contribution is 0.0955. The Hall–Kier alpha value is -3.02. The summed E-state index contributed by atoms with van der Waals surface area (Å²) in [5.41, 5.74) is 5.71. The summed E-state index contributed by atoms with van der Waals surface area (Å²) in [6.07, 6.45) is 1.54. The maximum atomic E-state index is 12.4. The van der Waals surface area contributed by atoms with E-state index in [0.717, 1.165) is 11.1 Å². The molecule has 3 aromatic carbocycles. The summed E-state index contributed by atoms with van der Waals surface area (Å²) >= 11 is 12.4. The molecule has 0 aliphatic carbocycles. The minimum absolute atomic E-state index is 0.0295. The van der Waals surface area contributed by atoms with Gasteiger partial charge in [-0.15, -0.1) is 0 Å². The van der Waals surface area contributed by atoms with Crippen LogP contribution in [0.15, 0.2) is 65.8 Å². The lowest BCUT2D eigenvalue weighted by Gasteiger charge is -2.18. The predicted molar refractivity (Wildman–Crippen MR) is 134 cm³/mol. The molecule has 0 heterocycles. The summed E-state index contributed by atoms with van der Waals surface area (Å²) in [7, 11) is 1.55. The molecule has 7 heteroatoms. The van der Waals surface area contributed by atoms with E-state index in [-0.39, 0.29) is 17.9 Å². The van der Waals surface area contributed by atoms with Crippen molar-refractivity contribution in [2.24, 2.45) is 5.10 Å². The largest absolute Gasteiger partial charge is 0.493 e. The van der Waals surface area contributed by atoms with Crippen molar-refractivity contribution >= 4 is 35.3 Å². The minimum atomic E-state index is -0.282. The molecule has 172 valence electrons. The van der Waals surface area contributed by atoms with Crippen LogP contribution < -0.4 is 14.9 Å². The smallest absolute Gasteiger partial charge is 0.271 e. The number of carbonyl (C=O) groups excluding carboxylic acids is 1. The first-order valence-corrected chi connectivity index (χ1v) is 11.1. The van der Waals surface area contributed by atoms with E-state index in [1.165, 1.54) is 0 Å². The number of ether oxygens (including phenoxy) is 2. The Bertz CT molecular complexity index is 1130. The highest BCUT2D eigenvalue weighted by molar-refractivity contribution is 6.35. The Balaban J connectivity index is 1.63. The van der Waals surface area contributed by atoms with Crippen LogP contribution in [0.1, 0.15) is 47.8 Å². The molecule has 0 bridgehead atoms. The molecule has 0 spiro atoms. The highest BCUT2D eigenvalue weighted by Gasteiger charge is 2.14. The first kappa shape index (κ1) is 24.6. The molecule has 3 rings (SSSR count). The fraction of sp³-hybridized carbons (Fsp3) is 0.231. The van der Waals surface area contributed by atoms with Gasteiger partial charge in [0.2, 0.25) is 0 Å². The number of hydrazone groups is 1. The van der Waals surface area contributed by atoms with Crippen molar-refractivity contribution in [3.05, 3.63) is 93.0 Å². The van der Waals surface area contributed by atoms with Crippen molar-refractivity contribution in [3.63, 3.8) is 0 Å². The highest BCUT2D eigenvalue weighted by atomic mass is 35.5.